The second-order valence-electron chi connectivity index (χ2n) is 5.99. The number of benzene rings is 1. The zero-order valence-corrected chi connectivity index (χ0v) is 11.8. The van der Waals surface area contributed by atoms with Crippen molar-refractivity contribution < 1.29 is 9.13 Å². The van der Waals surface area contributed by atoms with Crippen LogP contribution in [0, 0.1) is 11.7 Å². The van der Waals surface area contributed by atoms with E-state index in [2.05, 4.69) is 5.10 Å². The summed E-state index contributed by atoms with van der Waals surface area (Å²) in [7, 11) is 0. The van der Waals surface area contributed by atoms with Gasteiger partial charge in [0, 0.05) is 18.9 Å². The van der Waals surface area contributed by atoms with E-state index in [0.29, 0.717) is 12.5 Å². The largest absolute Gasteiger partial charge is 0.381 e. The fourth-order valence-electron chi connectivity index (χ4n) is 2.80. The van der Waals surface area contributed by atoms with Gasteiger partial charge in [-0.15, -0.1) is 0 Å². The maximum atomic E-state index is 13.5. The number of ether oxygens (including phenoxy) is 1. The first-order valence-corrected chi connectivity index (χ1v) is 7.59. The number of nitrogens with zero attached hydrogens (tertiary/aromatic N) is 3. The quantitative estimate of drug-likeness (QED) is 0.868. The lowest BCUT2D eigenvalue weighted by molar-refractivity contribution is 0.193. The molecule has 1 atom stereocenters. The van der Waals surface area contributed by atoms with Crippen LogP contribution in [-0.4, -0.2) is 28.0 Å². The van der Waals surface area contributed by atoms with Crippen LogP contribution < -0.4 is 0 Å². The van der Waals surface area contributed by atoms with Crippen molar-refractivity contribution in [3.05, 3.63) is 41.7 Å². The summed E-state index contributed by atoms with van der Waals surface area (Å²) in [6.07, 6.45) is 4.42. The Labute approximate surface area is 123 Å². The standard InChI is InChI=1S/C16H18FN3O/c17-13-2-1-3-14(9-13)20-15(8-11-4-5-11)18-16(19-20)12-6-7-21-10-12/h1-3,9,11-12H,4-8,10H2/t12-/m0/s1. The zero-order valence-electron chi connectivity index (χ0n) is 11.8. The summed E-state index contributed by atoms with van der Waals surface area (Å²) in [5, 5.41) is 4.64. The summed E-state index contributed by atoms with van der Waals surface area (Å²) in [5.41, 5.74) is 0.753. The van der Waals surface area contributed by atoms with Crippen molar-refractivity contribution in [1.82, 2.24) is 14.8 Å². The minimum absolute atomic E-state index is 0.244. The Bertz CT molecular complexity index is 645. The summed E-state index contributed by atoms with van der Waals surface area (Å²) in [5.74, 6) is 2.54. The Morgan fingerprint density at radius 3 is 2.90 bits per heavy atom. The monoisotopic (exact) mass is 287 g/mol. The third kappa shape index (κ3) is 2.70. The highest BCUT2D eigenvalue weighted by molar-refractivity contribution is 5.32. The molecule has 2 aromatic rings. The highest BCUT2D eigenvalue weighted by Crippen LogP contribution is 2.33. The molecule has 2 heterocycles. The van der Waals surface area contributed by atoms with Crippen molar-refractivity contribution in [2.24, 2.45) is 5.92 Å². The van der Waals surface area contributed by atoms with Crippen LogP contribution in [0.2, 0.25) is 0 Å². The van der Waals surface area contributed by atoms with Crippen LogP contribution >= 0.6 is 0 Å². The van der Waals surface area contributed by atoms with Crippen LogP contribution in [0.4, 0.5) is 4.39 Å². The molecule has 0 spiro atoms. The van der Waals surface area contributed by atoms with E-state index in [1.54, 1.807) is 6.07 Å². The number of rotatable bonds is 4. The van der Waals surface area contributed by atoms with Crippen LogP contribution in [0.25, 0.3) is 5.69 Å². The van der Waals surface area contributed by atoms with Gasteiger partial charge in [-0.2, -0.15) is 5.10 Å². The fourth-order valence-corrected chi connectivity index (χ4v) is 2.80. The first-order chi connectivity index (χ1) is 10.3. The molecule has 0 radical (unpaired) electrons. The smallest absolute Gasteiger partial charge is 0.156 e. The minimum atomic E-state index is -0.244. The molecule has 1 saturated carbocycles. The Morgan fingerprint density at radius 2 is 2.19 bits per heavy atom. The Kier molecular flexibility index (Phi) is 3.22. The molecule has 0 unspecified atom stereocenters. The normalized spacial score (nSPS) is 21.9. The summed E-state index contributed by atoms with van der Waals surface area (Å²) in [6, 6.07) is 6.56. The van der Waals surface area contributed by atoms with E-state index in [9.17, 15) is 4.39 Å². The SMILES string of the molecule is Fc1cccc(-n2nc([C@H]3CCOC3)nc2CC2CC2)c1. The topological polar surface area (TPSA) is 39.9 Å². The van der Waals surface area contributed by atoms with E-state index in [4.69, 9.17) is 9.72 Å². The van der Waals surface area contributed by atoms with Crippen LogP contribution in [0.1, 0.15) is 36.8 Å². The molecule has 1 aromatic carbocycles. The van der Waals surface area contributed by atoms with Gasteiger partial charge in [-0.25, -0.2) is 14.1 Å². The highest BCUT2D eigenvalue weighted by atomic mass is 19.1. The van der Waals surface area contributed by atoms with Gasteiger partial charge in [0.25, 0.3) is 0 Å². The van der Waals surface area contributed by atoms with Crippen molar-refractivity contribution in [3.8, 4) is 5.69 Å². The van der Waals surface area contributed by atoms with Gasteiger partial charge in [0.2, 0.25) is 0 Å². The van der Waals surface area contributed by atoms with Gasteiger partial charge >= 0.3 is 0 Å². The molecule has 1 aliphatic heterocycles. The van der Waals surface area contributed by atoms with Crippen LogP contribution in [0.3, 0.4) is 0 Å². The zero-order chi connectivity index (χ0) is 14.2. The van der Waals surface area contributed by atoms with Gasteiger partial charge in [-0.3, -0.25) is 0 Å². The summed E-state index contributed by atoms with van der Waals surface area (Å²) in [6.45, 7) is 1.47. The summed E-state index contributed by atoms with van der Waals surface area (Å²) >= 11 is 0. The van der Waals surface area contributed by atoms with E-state index in [0.717, 1.165) is 36.8 Å². The van der Waals surface area contributed by atoms with Gasteiger partial charge in [-0.05, 0) is 43.4 Å². The van der Waals surface area contributed by atoms with Gasteiger partial charge in [0.1, 0.15) is 11.6 Å². The minimum Gasteiger partial charge on any atom is -0.381 e. The van der Waals surface area contributed by atoms with Crippen molar-refractivity contribution in [3.63, 3.8) is 0 Å². The fraction of sp³-hybridized carbons (Fsp3) is 0.500. The molecule has 21 heavy (non-hydrogen) atoms. The van der Waals surface area contributed by atoms with Crippen LogP contribution in [0.15, 0.2) is 24.3 Å². The van der Waals surface area contributed by atoms with Crippen LogP contribution in [0.5, 0.6) is 0 Å². The van der Waals surface area contributed by atoms with Gasteiger partial charge in [0.05, 0.1) is 12.3 Å². The molecule has 4 nitrogen and oxygen atoms in total. The van der Waals surface area contributed by atoms with E-state index in [1.807, 2.05) is 10.7 Å². The molecule has 1 aromatic heterocycles. The lowest BCUT2D eigenvalue weighted by Crippen LogP contribution is -2.05. The Morgan fingerprint density at radius 1 is 1.29 bits per heavy atom. The third-order valence-corrected chi connectivity index (χ3v) is 4.21. The van der Waals surface area contributed by atoms with Gasteiger partial charge < -0.3 is 4.74 Å². The average Bonchev–Trinajstić information content (AvgIpc) is 2.99. The molecular weight excluding hydrogens is 269 g/mol. The maximum Gasteiger partial charge on any atom is 0.156 e. The molecule has 0 amide bonds. The Balaban J connectivity index is 1.72. The predicted molar refractivity (Wildman–Crippen MR) is 75.9 cm³/mol. The molecule has 110 valence electrons. The van der Waals surface area contributed by atoms with E-state index >= 15 is 0 Å². The highest BCUT2D eigenvalue weighted by Gasteiger charge is 2.28. The molecule has 0 N–H and O–H groups in total. The predicted octanol–water partition coefficient (Wildman–Crippen LogP) is 2.86. The molecule has 0 bridgehead atoms. The van der Waals surface area contributed by atoms with Crippen LogP contribution in [-0.2, 0) is 11.2 Å². The van der Waals surface area contributed by atoms with Crippen molar-refractivity contribution in [2.45, 2.75) is 31.6 Å². The number of halogens is 1. The van der Waals surface area contributed by atoms with Crippen molar-refractivity contribution >= 4 is 0 Å². The third-order valence-electron chi connectivity index (χ3n) is 4.21. The van der Waals surface area contributed by atoms with Crippen molar-refractivity contribution in [2.75, 3.05) is 13.2 Å². The molecule has 2 aliphatic rings. The lowest BCUT2D eigenvalue weighted by Gasteiger charge is -2.05. The first-order valence-electron chi connectivity index (χ1n) is 7.59. The number of aromatic nitrogens is 3. The summed E-state index contributed by atoms with van der Waals surface area (Å²) < 4.78 is 20.7. The van der Waals surface area contributed by atoms with Gasteiger partial charge in [0.15, 0.2) is 5.82 Å². The average molecular weight is 287 g/mol. The summed E-state index contributed by atoms with van der Waals surface area (Å²) in [4.78, 5) is 4.73. The maximum absolute atomic E-state index is 13.5. The number of hydrogen-bond acceptors (Lipinski definition) is 3. The van der Waals surface area contributed by atoms with Gasteiger partial charge in [-0.1, -0.05) is 6.07 Å². The Hall–Kier alpha value is -1.75. The van der Waals surface area contributed by atoms with E-state index in [1.165, 1.54) is 25.0 Å². The second kappa shape index (κ2) is 5.22. The molecule has 2 fully saturated rings. The number of hydrogen-bond donors (Lipinski definition) is 0. The lowest BCUT2D eigenvalue weighted by atomic mass is 10.1. The van der Waals surface area contributed by atoms with E-state index in [-0.39, 0.29) is 11.7 Å². The molecule has 4 rings (SSSR count). The molecule has 1 saturated heterocycles. The first kappa shape index (κ1) is 13.0. The molecule has 5 heteroatoms. The second-order valence-corrected chi connectivity index (χ2v) is 5.99. The molecule has 1 aliphatic carbocycles. The van der Waals surface area contributed by atoms with E-state index < -0.39 is 0 Å². The van der Waals surface area contributed by atoms with Crippen molar-refractivity contribution in [1.29, 1.82) is 0 Å². The molecular formula is C16H18FN3O.